The van der Waals surface area contributed by atoms with Gasteiger partial charge in [-0.15, -0.1) is 0 Å². The lowest BCUT2D eigenvalue weighted by atomic mass is 9.88. The van der Waals surface area contributed by atoms with E-state index < -0.39 is 0 Å². The summed E-state index contributed by atoms with van der Waals surface area (Å²) in [6.07, 6.45) is 2.11. The Bertz CT molecular complexity index is 1020. The lowest BCUT2D eigenvalue weighted by molar-refractivity contribution is 0.0668. The van der Waals surface area contributed by atoms with Crippen LogP contribution in [-0.4, -0.2) is 46.0 Å². The summed E-state index contributed by atoms with van der Waals surface area (Å²) in [5.41, 5.74) is 4.76. The number of nitrogens with zero attached hydrogens (tertiary/aromatic N) is 3. The number of rotatable bonds is 7. The number of hydrogen-bond donors (Lipinski definition) is 0. The summed E-state index contributed by atoms with van der Waals surface area (Å²) in [7, 11) is 2.11. The first-order chi connectivity index (χ1) is 15.4. The molecule has 1 aliphatic rings. The van der Waals surface area contributed by atoms with Crippen molar-refractivity contribution >= 4 is 5.91 Å². The monoisotopic (exact) mass is 429 g/mol. The highest BCUT2D eigenvalue weighted by Gasteiger charge is 2.36. The molecule has 2 aromatic carbocycles. The van der Waals surface area contributed by atoms with Gasteiger partial charge in [0.2, 0.25) is 0 Å². The van der Waals surface area contributed by atoms with Crippen molar-refractivity contribution in [3.63, 3.8) is 0 Å². The molecule has 32 heavy (non-hydrogen) atoms. The van der Waals surface area contributed by atoms with Crippen LogP contribution < -0.4 is 0 Å². The van der Waals surface area contributed by atoms with Gasteiger partial charge in [-0.3, -0.25) is 9.69 Å². The van der Waals surface area contributed by atoms with E-state index in [0.717, 1.165) is 31.7 Å². The Morgan fingerprint density at radius 2 is 1.72 bits per heavy atom. The maximum absolute atomic E-state index is 13.4. The van der Waals surface area contributed by atoms with E-state index in [1.54, 1.807) is 0 Å². The molecule has 2 heterocycles. The van der Waals surface area contributed by atoms with Gasteiger partial charge >= 0.3 is 0 Å². The Morgan fingerprint density at radius 3 is 2.34 bits per heavy atom. The fraction of sp³-hybridized carbons (Fsp3) is 0.393. The summed E-state index contributed by atoms with van der Waals surface area (Å²) in [6, 6.07) is 23.1. The molecule has 168 valence electrons. The van der Waals surface area contributed by atoms with Gasteiger partial charge < -0.3 is 9.47 Å². The van der Waals surface area contributed by atoms with Gasteiger partial charge in [-0.1, -0.05) is 48.0 Å². The van der Waals surface area contributed by atoms with E-state index in [9.17, 15) is 4.79 Å². The van der Waals surface area contributed by atoms with Gasteiger partial charge in [0.25, 0.3) is 5.91 Å². The first kappa shape index (κ1) is 22.3. The molecular weight excluding hydrogens is 394 g/mol. The zero-order valence-corrected chi connectivity index (χ0v) is 19.7. The van der Waals surface area contributed by atoms with Crippen LogP contribution in [0.25, 0.3) is 0 Å². The molecular formula is C28H35N3O. The van der Waals surface area contributed by atoms with E-state index in [1.807, 2.05) is 30.3 Å². The first-order valence-corrected chi connectivity index (χ1v) is 11.7. The number of carbonyl (C=O) groups excluding carboxylic acids is 1. The molecule has 1 aliphatic heterocycles. The van der Waals surface area contributed by atoms with E-state index in [4.69, 9.17) is 0 Å². The van der Waals surface area contributed by atoms with E-state index in [1.165, 1.54) is 16.8 Å². The Labute approximate surface area is 192 Å². The van der Waals surface area contributed by atoms with Gasteiger partial charge in [0.1, 0.15) is 0 Å². The van der Waals surface area contributed by atoms with E-state index in [-0.39, 0.29) is 11.9 Å². The van der Waals surface area contributed by atoms with Crippen LogP contribution in [0, 0.1) is 12.8 Å². The van der Waals surface area contributed by atoms with Crippen molar-refractivity contribution in [2.75, 3.05) is 19.6 Å². The number of aromatic nitrogens is 1. The lowest BCUT2D eigenvalue weighted by Gasteiger charge is -2.32. The van der Waals surface area contributed by atoms with Crippen LogP contribution in [0.3, 0.4) is 0 Å². The average Bonchev–Trinajstić information content (AvgIpc) is 3.38. The second-order valence-corrected chi connectivity index (χ2v) is 9.50. The van der Waals surface area contributed by atoms with Gasteiger partial charge in [-0.05, 0) is 56.5 Å². The molecule has 0 radical (unpaired) electrons. The smallest absolute Gasteiger partial charge is 0.254 e. The fourth-order valence-corrected chi connectivity index (χ4v) is 4.88. The summed E-state index contributed by atoms with van der Waals surface area (Å²) in [5, 5.41) is 0. The first-order valence-electron chi connectivity index (χ1n) is 11.7. The Hall–Kier alpha value is -2.85. The van der Waals surface area contributed by atoms with Crippen molar-refractivity contribution in [3.8, 4) is 0 Å². The second kappa shape index (κ2) is 9.74. The molecule has 2 atom stereocenters. The van der Waals surface area contributed by atoms with Crippen LogP contribution >= 0.6 is 0 Å². The molecule has 4 heteroatoms. The molecule has 1 aromatic heterocycles. The molecule has 4 nitrogen and oxygen atoms in total. The second-order valence-electron chi connectivity index (χ2n) is 9.50. The average molecular weight is 430 g/mol. The van der Waals surface area contributed by atoms with Gasteiger partial charge in [-0.25, -0.2) is 0 Å². The molecule has 1 amide bonds. The number of amides is 1. The van der Waals surface area contributed by atoms with Crippen LogP contribution in [0.1, 0.15) is 46.9 Å². The molecule has 1 saturated heterocycles. The van der Waals surface area contributed by atoms with Gasteiger partial charge in [-0.2, -0.15) is 0 Å². The highest BCUT2D eigenvalue weighted by Crippen LogP contribution is 2.35. The molecule has 4 rings (SSSR count). The highest BCUT2D eigenvalue weighted by atomic mass is 16.2. The molecule has 0 bridgehead atoms. The molecule has 0 saturated carbocycles. The molecule has 1 fully saturated rings. The predicted octanol–water partition coefficient (Wildman–Crippen LogP) is 5.10. The quantitative estimate of drug-likeness (QED) is 0.523. The van der Waals surface area contributed by atoms with Gasteiger partial charge in [0.15, 0.2) is 0 Å². The topological polar surface area (TPSA) is 28.5 Å². The van der Waals surface area contributed by atoms with Crippen molar-refractivity contribution < 1.29 is 4.79 Å². The van der Waals surface area contributed by atoms with E-state index in [2.05, 4.69) is 84.8 Å². The molecule has 0 spiro atoms. The van der Waals surface area contributed by atoms with Crippen molar-refractivity contribution in [1.82, 2.24) is 14.4 Å². The minimum Gasteiger partial charge on any atom is -0.353 e. The largest absolute Gasteiger partial charge is 0.353 e. The Kier molecular flexibility index (Phi) is 6.80. The van der Waals surface area contributed by atoms with Crippen molar-refractivity contribution in [2.24, 2.45) is 13.0 Å². The fourth-order valence-electron chi connectivity index (χ4n) is 4.88. The van der Waals surface area contributed by atoms with Crippen LogP contribution in [0.4, 0.5) is 0 Å². The summed E-state index contributed by atoms with van der Waals surface area (Å²) >= 11 is 0. The third-order valence-corrected chi connectivity index (χ3v) is 6.80. The zero-order chi connectivity index (χ0) is 22.7. The van der Waals surface area contributed by atoms with Crippen LogP contribution in [-0.2, 0) is 13.6 Å². The molecule has 3 aromatic rings. The third-order valence-electron chi connectivity index (χ3n) is 6.80. The van der Waals surface area contributed by atoms with Gasteiger partial charge in [0.05, 0.1) is 0 Å². The number of carbonyl (C=O) groups is 1. The number of aryl methyl sites for hydroxylation is 2. The summed E-state index contributed by atoms with van der Waals surface area (Å²) in [4.78, 5) is 18.0. The summed E-state index contributed by atoms with van der Waals surface area (Å²) in [5.74, 6) is 0.942. The number of hydrogen-bond acceptors (Lipinski definition) is 2. The van der Waals surface area contributed by atoms with E-state index >= 15 is 0 Å². The molecule has 0 N–H and O–H groups in total. The summed E-state index contributed by atoms with van der Waals surface area (Å²) < 4.78 is 2.20. The van der Waals surface area contributed by atoms with E-state index in [0.29, 0.717) is 11.8 Å². The van der Waals surface area contributed by atoms with Gasteiger partial charge in [0, 0.05) is 62.6 Å². The normalized spacial score (nSPS) is 18.9. The minimum atomic E-state index is 0.129. The lowest BCUT2D eigenvalue weighted by Crippen LogP contribution is -2.42. The zero-order valence-electron chi connectivity index (χ0n) is 19.7. The maximum Gasteiger partial charge on any atom is 0.254 e. The van der Waals surface area contributed by atoms with Crippen molar-refractivity contribution in [3.05, 3.63) is 95.3 Å². The number of likely N-dealkylation sites (tertiary alicyclic amines) is 1. The Morgan fingerprint density at radius 1 is 1.00 bits per heavy atom. The standard InChI is InChI=1S/C28H35N3O/c1-21(2)31(28(32)24-9-6-5-7-10-24)18-25-17-30(19-26-11-8-16-29(26)4)20-27(25)23-14-12-22(3)13-15-23/h5-16,21,25,27H,17-20H2,1-4H3/t25-,27-/m0/s1. The Balaban J connectivity index is 1.58. The SMILES string of the molecule is Cc1ccc([C@@H]2CN(Cc3cccn3C)C[C@H]2CN(C(=O)c2ccccc2)C(C)C)cc1. The van der Waals surface area contributed by atoms with Crippen molar-refractivity contribution in [1.29, 1.82) is 0 Å². The maximum atomic E-state index is 13.4. The minimum absolute atomic E-state index is 0.129. The highest BCUT2D eigenvalue weighted by molar-refractivity contribution is 5.94. The summed E-state index contributed by atoms with van der Waals surface area (Å²) in [6.45, 7) is 10.1. The van der Waals surface area contributed by atoms with Crippen LogP contribution in [0.2, 0.25) is 0 Å². The van der Waals surface area contributed by atoms with Crippen molar-refractivity contribution in [2.45, 2.75) is 39.3 Å². The van der Waals surface area contributed by atoms with Crippen LogP contribution in [0.15, 0.2) is 72.9 Å². The molecule has 0 aliphatic carbocycles. The number of benzene rings is 2. The predicted molar refractivity (Wildman–Crippen MR) is 131 cm³/mol. The molecule has 0 unspecified atom stereocenters. The van der Waals surface area contributed by atoms with Crippen LogP contribution in [0.5, 0.6) is 0 Å². The third kappa shape index (κ3) is 4.97.